The molecule has 0 aliphatic rings. The molecule has 9 heteroatoms. The van der Waals surface area contributed by atoms with Gasteiger partial charge in [0.15, 0.2) is 5.69 Å². The maximum absolute atomic E-state index is 13.1. The second-order valence-corrected chi connectivity index (χ2v) is 5.33. The molecule has 0 aliphatic carbocycles. The quantitative estimate of drug-likeness (QED) is 0.715. The zero-order chi connectivity index (χ0) is 15.9. The third-order valence-corrected chi connectivity index (χ3v) is 3.62. The summed E-state index contributed by atoms with van der Waals surface area (Å²) in [5.74, 6) is -0.354. The molecule has 0 atom stereocenters. The van der Waals surface area contributed by atoms with Gasteiger partial charge in [-0.2, -0.15) is 13.2 Å². The Morgan fingerprint density at radius 2 is 1.62 bits per heavy atom. The van der Waals surface area contributed by atoms with Crippen molar-refractivity contribution < 1.29 is 13.2 Å². The monoisotopic (exact) mass is 355 g/mol. The van der Waals surface area contributed by atoms with E-state index in [1.165, 1.54) is 12.1 Å². The zero-order valence-electron chi connectivity index (χ0n) is 10.1. The number of nitrogen functional groups attached to an aromatic ring is 2. The van der Waals surface area contributed by atoms with Crippen molar-refractivity contribution in [1.82, 2.24) is 4.98 Å². The Morgan fingerprint density at radius 3 is 2.19 bits per heavy atom. The fraction of sp³-hybridized carbons (Fsp3) is 0.0833. The molecule has 0 spiro atoms. The minimum Gasteiger partial charge on any atom is -0.398 e. The first kappa shape index (κ1) is 16.0. The van der Waals surface area contributed by atoms with Crippen LogP contribution < -0.4 is 11.5 Å². The standard InChI is InChI=1S/C12H7Cl3F3N3/c13-4-1-5(10(15)6(14)2-4)9-7(19)3-8(20)21-11(9)12(16,17)18/h1-3H,(H4,19,20,21). The summed E-state index contributed by atoms with van der Waals surface area (Å²) in [5, 5.41) is 0.0112. The van der Waals surface area contributed by atoms with Crippen molar-refractivity contribution >= 4 is 46.3 Å². The zero-order valence-corrected chi connectivity index (χ0v) is 12.4. The number of alkyl halides is 3. The fourth-order valence-corrected chi connectivity index (χ4v) is 2.51. The Hall–Kier alpha value is -1.37. The first-order chi connectivity index (χ1) is 9.61. The number of halogens is 6. The van der Waals surface area contributed by atoms with Crippen molar-refractivity contribution in [3.8, 4) is 11.1 Å². The van der Waals surface area contributed by atoms with Gasteiger partial charge in [0.1, 0.15) is 5.82 Å². The molecule has 2 rings (SSSR count). The van der Waals surface area contributed by atoms with Crippen LogP contribution in [-0.4, -0.2) is 4.98 Å². The van der Waals surface area contributed by atoms with E-state index in [-0.39, 0.29) is 32.1 Å². The van der Waals surface area contributed by atoms with E-state index in [0.29, 0.717) is 0 Å². The highest BCUT2D eigenvalue weighted by atomic mass is 35.5. The van der Waals surface area contributed by atoms with Crippen molar-refractivity contribution in [2.45, 2.75) is 6.18 Å². The molecule has 21 heavy (non-hydrogen) atoms. The van der Waals surface area contributed by atoms with Gasteiger partial charge < -0.3 is 11.5 Å². The smallest absolute Gasteiger partial charge is 0.398 e. The molecular formula is C12H7Cl3F3N3. The van der Waals surface area contributed by atoms with Crippen LogP contribution in [0.2, 0.25) is 15.1 Å². The van der Waals surface area contributed by atoms with E-state index in [2.05, 4.69) is 4.98 Å². The van der Waals surface area contributed by atoms with Gasteiger partial charge in [-0.1, -0.05) is 34.8 Å². The van der Waals surface area contributed by atoms with Crippen molar-refractivity contribution in [1.29, 1.82) is 0 Å². The number of benzene rings is 1. The summed E-state index contributed by atoms with van der Waals surface area (Å²) in [4.78, 5) is 3.31. The van der Waals surface area contributed by atoms with Gasteiger partial charge in [-0.15, -0.1) is 0 Å². The minimum absolute atomic E-state index is 0.00326. The summed E-state index contributed by atoms with van der Waals surface area (Å²) >= 11 is 17.6. The number of hydrogen-bond donors (Lipinski definition) is 2. The van der Waals surface area contributed by atoms with Crippen LogP contribution in [0.3, 0.4) is 0 Å². The van der Waals surface area contributed by atoms with Crippen LogP contribution in [0.1, 0.15) is 5.69 Å². The van der Waals surface area contributed by atoms with Gasteiger partial charge in [-0.3, -0.25) is 0 Å². The predicted octanol–water partition coefficient (Wildman–Crippen LogP) is 4.89. The molecule has 0 bridgehead atoms. The Morgan fingerprint density at radius 1 is 1.00 bits per heavy atom. The Kier molecular flexibility index (Phi) is 4.15. The van der Waals surface area contributed by atoms with Crippen LogP contribution in [0.15, 0.2) is 18.2 Å². The molecule has 0 aliphatic heterocycles. The molecule has 4 N–H and O–H groups in total. The van der Waals surface area contributed by atoms with Gasteiger partial charge in [0, 0.05) is 27.9 Å². The van der Waals surface area contributed by atoms with Crippen LogP contribution >= 0.6 is 34.8 Å². The second kappa shape index (κ2) is 5.44. The molecule has 0 radical (unpaired) electrons. The maximum atomic E-state index is 13.1. The Balaban J connectivity index is 2.87. The summed E-state index contributed by atoms with van der Waals surface area (Å²) in [6.45, 7) is 0. The number of pyridine rings is 1. The highest BCUT2D eigenvalue weighted by molar-refractivity contribution is 6.45. The average Bonchev–Trinajstić information content (AvgIpc) is 2.32. The number of nitrogens with two attached hydrogens (primary N) is 2. The largest absolute Gasteiger partial charge is 0.434 e. The number of hydrogen-bond acceptors (Lipinski definition) is 3. The van der Waals surface area contributed by atoms with Crippen molar-refractivity contribution in [3.63, 3.8) is 0 Å². The molecule has 0 saturated carbocycles. The van der Waals surface area contributed by atoms with E-state index in [1.807, 2.05) is 0 Å². The van der Waals surface area contributed by atoms with Crippen molar-refractivity contribution in [2.24, 2.45) is 0 Å². The van der Waals surface area contributed by atoms with Crippen LogP contribution in [-0.2, 0) is 6.18 Å². The first-order valence-electron chi connectivity index (χ1n) is 5.39. The Bertz CT molecular complexity index is 717. The molecular weight excluding hydrogens is 350 g/mol. The average molecular weight is 357 g/mol. The highest BCUT2D eigenvalue weighted by Crippen LogP contribution is 2.44. The van der Waals surface area contributed by atoms with Crippen molar-refractivity contribution in [3.05, 3.63) is 39.0 Å². The second-order valence-electron chi connectivity index (χ2n) is 4.11. The summed E-state index contributed by atoms with van der Waals surface area (Å²) in [6, 6.07) is 3.65. The highest BCUT2D eigenvalue weighted by Gasteiger charge is 2.37. The molecule has 0 fully saturated rings. The van der Waals surface area contributed by atoms with Crippen LogP contribution in [0.5, 0.6) is 0 Å². The van der Waals surface area contributed by atoms with Gasteiger partial charge in [-0.05, 0) is 12.1 Å². The van der Waals surface area contributed by atoms with E-state index >= 15 is 0 Å². The number of nitrogens with zero attached hydrogens (tertiary/aromatic N) is 1. The number of rotatable bonds is 1. The van der Waals surface area contributed by atoms with Gasteiger partial charge in [0.05, 0.1) is 10.0 Å². The SMILES string of the molecule is Nc1cc(N)c(-c2cc(Cl)cc(Cl)c2Cl)c(C(F)(F)F)n1. The number of aromatic nitrogens is 1. The molecule has 1 aromatic carbocycles. The predicted molar refractivity (Wildman–Crippen MR) is 78.5 cm³/mol. The topological polar surface area (TPSA) is 64.9 Å². The first-order valence-corrected chi connectivity index (χ1v) is 6.52. The van der Waals surface area contributed by atoms with E-state index in [4.69, 9.17) is 46.3 Å². The van der Waals surface area contributed by atoms with E-state index in [0.717, 1.165) is 6.07 Å². The van der Waals surface area contributed by atoms with Gasteiger partial charge in [-0.25, -0.2) is 4.98 Å². The molecule has 112 valence electrons. The summed E-state index contributed by atoms with van der Waals surface area (Å²) in [5.41, 5.74) is 9.03. The van der Waals surface area contributed by atoms with Gasteiger partial charge in [0.25, 0.3) is 0 Å². The third-order valence-electron chi connectivity index (χ3n) is 2.60. The van der Waals surface area contributed by atoms with E-state index < -0.39 is 17.4 Å². The normalized spacial score (nSPS) is 11.7. The van der Waals surface area contributed by atoms with Gasteiger partial charge >= 0.3 is 6.18 Å². The molecule has 1 aromatic heterocycles. The molecule has 3 nitrogen and oxygen atoms in total. The molecule has 0 unspecified atom stereocenters. The van der Waals surface area contributed by atoms with Crippen LogP contribution in [0.25, 0.3) is 11.1 Å². The lowest BCUT2D eigenvalue weighted by molar-refractivity contribution is -0.140. The van der Waals surface area contributed by atoms with Crippen molar-refractivity contribution in [2.75, 3.05) is 11.5 Å². The molecule has 1 heterocycles. The lowest BCUT2D eigenvalue weighted by atomic mass is 10.0. The van der Waals surface area contributed by atoms with E-state index in [1.54, 1.807) is 0 Å². The van der Waals surface area contributed by atoms with Crippen LogP contribution in [0, 0.1) is 0 Å². The lowest BCUT2D eigenvalue weighted by Crippen LogP contribution is -2.13. The molecule has 2 aromatic rings. The summed E-state index contributed by atoms with van der Waals surface area (Å²) in [6.07, 6.45) is -4.77. The summed E-state index contributed by atoms with van der Waals surface area (Å²) < 4.78 is 39.4. The number of anilines is 2. The fourth-order valence-electron chi connectivity index (χ4n) is 1.81. The van der Waals surface area contributed by atoms with Gasteiger partial charge in [0.2, 0.25) is 0 Å². The summed E-state index contributed by atoms with van der Waals surface area (Å²) in [7, 11) is 0. The Labute approximate surface area is 132 Å². The molecule has 0 saturated heterocycles. The third kappa shape index (κ3) is 3.12. The maximum Gasteiger partial charge on any atom is 0.434 e. The van der Waals surface area contributed by atoms with Crippen LogP contribution in [0.4, 0.5) is 24.7 Å². The minimum atomic E-state index is -4.77. The van der Waals surface area contributed by atoms with E-state index in [9.17, 15) is 13.2 Å². The lowest BCUT2D eigenvalue weighted by Gasteiger charge is -2.16. The molecule has 0 amide bonds.